The lowest BCUT2D eigenvalue weighted by Gasteiger charge is -2.10. The molecule has 1 rings (SSSR count). The molecule has 4 nitrogen and oxygen atoms in total. The second-order valence-electron chi connectivity index (χ2n) is 3.08. The Hall–Kier alpha value is -1.71. The first-order valence-corrected chi connectivity index (χ1v) is 4.79. The normalized spacial score (nSPS) is 9.73. The summed E-state index contributed by atoms with van der Waals surface area (Å²) in [5.74, 6) is 0.680. The lowest BCUT2D eigenvalue weighted by molar-refractivity contribution is 0.1000. The minimum Gasteiger partial charge on any atom is -0.493 e. The van der Waals surface area contributed by atoms with E-state index in [1.54, 1.807) is 18.2 Å². The van der Waals surface area contributed by atoms with Crippen LogP contribution in [0.3, 0.4) is 0 Å². The fourth-order valence-electron chi connectivity index (χ4n) is 1.15. The Labute approximate surface area is 89.0 Å². The largest absolute Gasteiger partial charge is 0.493 e. The first-order chi connectivity index (χ1) is 7.19. The van der Waals surface area contributed by atoms with Gasteiger partial charge >= 0.3 is 0 Å². The van der Waals surface area contributed by atoms with E-state index in [9.17, 15) is 4.79 Å². The van der Waals surface area contributed by atoms with Crippen molar-refractivity contribution in [1.82, 2.24) is 0 Å². The van der Waals surface area contributed by atoms with Crippen LogP contribution in [0.5, 0.6) is 11.5 Å². The Morgan fingerprint density at radius 2 is 2.13 bits per heavy atom. The molecule has 0 aliphatic carbocycles. The van der Waals surface area contributed by atoms with Crippen molar-refractivity contribution in [2.24, 2.45) is 5.73 Å². The minimum absolute atomic E-state index is 0.413. The van der Waals surface area contributed by atoms with Crippen LogP contribution in [-0.2, 0) is 0 Å². The molecule has 15 heavy (non-hydrogen) atoms. The van der Waals surface area contributed by atoms with Gasteiger partial charge in [0.05, 0.1) is 13.7 Å². The Morgan fingerprint density at radius 1 is 1.40 bits per heavy atom. The lowest BCUT2D eigenvalue weighted by Crippen LogP contribution is -2.11. The van der Waals surface area contributed by atoms with Gasteiger partial charge in [-0.15, -0.1) is 0 Å². The summed E-state index contributed by atoms with van der Waals surface area (Å²) in [4.78, 5) is 10.9. The molecule has 0 fully saturated rings. The summed E-state index contributed by atoms with van der Waals surface area (Å²) in [5, 5.41) is 0. The van der Waals surface area contributed by atoms with Crippen molar-refractivity contribution in [3.63, 3.8) is 0 Å². The molecule has 2 N–H and O–H groups in total. The molecular formula is C11H15NO3. The molecule has 0 saturated heterocycles. The zero-order chi connectivity index (χ0) is 11.3. The second kappa shape index (κ2) is 5.24. The van der Waals surface area contributed by atoms with E-state index >= 15 is 0 Å². The number of amides is 1. The van der Waals surface area contributed by atoms with E-state index in [2.05, 4.69) is 0 Å². The molecule has 0 aromatic heterocycles. The molecule has 1 aromatic rings. The van der Waals surface area contributed by atoms with E-state index in [4.69, 9.17) is 15.2 Å². The van der Waals surface area contributed by atoms with Crippen LogP contribution in [-0.4, -0.2) is 19.6 Å². The molecule has 0 aliphatic rings. The number of hydrogen-bond donors (Lipinski definition) is 1. The van der Waals surface area contributed by atoms with Crippen LogP contribution in [0.25, 0.3) is 0 Å². The van der Waals surface area contributed by atoms with Gasteiger partial charge < -0.3 is 15.2 Å². The number of primary amides is 1. The Balaban J connectivity index is 2.93. The average molecular weight is 209 g/mol. The summed E-state index contributed by atoms with van der Waals surface area (Å²) in [6, 6.07) is 4.89. The molecule has 0 aliphatic heterocycles. The zero-order valence-electron chi connectivity index (χ0n) is 8.95. The van der Waals surface area contributed by atoms with E-state index in [1.165, 1.54) is 7.11 Å². The third kappa shape index (κ3) is 2.87. The van der Waals surface area contributed by atoms with Crippen molar-refractivity contribution in [2.45, 2.75) is 13.3 Å². The predicted molar refractivity (Wildman–Crippen MR) is 57.3 cm³/mol. The van der Waals surface area contributed by atoms with E-state index in [1.807, 2.05) is 6.92 Å². The number of carbonyl (C=O) groups is 1. The van der Waals surface area contributed by atoms with Gasteiger partial charge in [-0.25, -0.2) is 0 Å². The summed E-state index contributed by atoms with van der Waals surface area (Å²) in [7, 11) is 1.53. The fourth-order valence-corrected chi connectivity index (χ4v) is 1.15. The van der Waals surface area contributed by atoms with Gasteiger partial charge in [0, 0.05) is 5.56 Å². The Bertz CT molecular complexity index is 350. The van der Waals surface area contributed by atoms with Crippen LogP contribution in [0.1, 0.15) is 23.7 Å². The third-order valence-electron chi connectivity index (χ3n) is 1.91. The van der Waals surface area contributed by atoms with Crippen LogP contribution in [0.15, 0.2) is 18.2 Å². The maximum atomic E-state index is 10.9. The molecule has 1 aromatic carbocycles. The Morgan fingerprint density at radius 3 is 2.67 bits per heavy atom. The second-order valence-corrected chi connectivity index (χ2v) is 3.08. The molecule has 0 atom stereocenters. The van der Waals surface area contributed by atoms with Gasteiger partial charge in [-0.2, -0.15) is 0 Å². The minimum atomic E-state index is -0.477. The molecule has 0 heterocycles. The highest BCUT2D eigenvalue weighted by molar-refractivity contribution is 5.93. The summed E-state index contributed by atoms with van der Waals surface area (Å²) < 4.78 is 10.5. The topological polar surface area (TPSA) is 61.5 Å². The monoisotopic (exact) mass is 209 g/mol. The van der Waals surface area contributed by atoms with Crippen LogP contribution >= 0.6 is 0 Å². The van der Waals surface area contributed by atoms with Crippen molar-refractivity contribution >= 4 is 5.91 Å². The quantitative estimate of drug-likeness (QED) is 0.800. The zero-order valence-corrected chi connectivity index (χ0v) is 8.95. The molecule has 0 radical (unpaired) electrons. The first kappa shape index (κ1) is 11.4. The summed E-state index contributed by atoms with van der Waals surface area (Å²) in [6.07, 6.45) is 0.917. The van der Waals surface area contributed by atoms with Crippen LogP contribution in [0.4, 0.5) is 0 Å². The van der Waals surface area contributed by atoms with Gasteiger partial charge in [-0.1, -0.05) is 6.92 Å². The highest BCUT2D eigenvalue weighted by atomic mass is 16.5. The van der Waals surface area contributed by atoms with Gasteiger partial charge in [-0.3, -0.25) is 4.79 Å². The van der Waals surface area contributed by atoms with Crippen molar-refractivity contribution in [1.29, 1.82) is 0 Å². The van der Waals surface area contributed by atoms with Crippen LogP contribution < -0.4 is 15.2 Å². The highest BCUT2D eigenvalue weighted by Crippen LogP contribution is 2.27. The number of ether oxygens (including phenoxy) is 2. The van der Waals surface area contributed by atoms with E-state index in [0.29, 0.717) is 23.7 Å². The molecule has 1 amide bonds. The van der Waals surface area contributed by atoms with Gasteiger partial charge in [-0.05, 0) is 24.6 Å². The third-order valence-corrected chi connectivity index (χ3v) is 1.91. The van der Waals surface area contributed by atoms with Crippen molar-refractivity contribution in [3.8, 4) is 11.5 Å². The van der Waals surface area contributed by atoms with Gasteiger partial charge in [0.25, 0.3) is 0 Å². The summed E-state index contributed by atoms with van der Waals surface area (Å²) >= 11 is 0. The standard InChI is InChI=1S/C11H15NO3/c1-3-6-15-9-5-4-8(11(12)13)7-10(9)14-2/h4-5,7H,3,6H2,1-2H3,(H2,12,13). The molecule has 0 spiro atoms. The molecule has 0 unspecified atom stereocenters. The highest BCUT2D eigenvalue weighted by Gasteiger charge is 2.08. The molecule has 0 saturated carbocycles. The van der Waals surface area contributed by atoms with E-state index in [-0.39, 0.29) is 0 Å². The Kier molecular flexibility index (Phi) is 3.97. The number of hydrogen-bond acceptors (Lipinski definition) is 3. The smallest absolute Gasteiger partial charge is 0.248 e. The number of rotatable bonds is 5. The predicted octanol–water partition coefficient (Wildman–Crippen LogP) is 1.58. The number of carbonyl (C=O) groups excluding carboxylic acids is 1. The molecule has 0 bridgehead atoms. The van der Waals surface area contributed by atoms with Crippen LogP contribution in [0.2, 0.25) is 0 Å². The lowest BCUT2D eigenvalue weighted by atomic mass is 10.2. The van der Waals surface area contributed by atoms with Gasteiger partial charge in [0.2, 0.25) is 5.91 Å². The number of nitrogens with two attached hydrogens (primary N) is 1. The maximum Gasteiger partial charge on any atom is 0.248 e. The van der Waals surface area contributed by atoms with E-state index in [0.717, 1.165) is 6.42 Å². The molecule has 82 valence electrons. The number of benzene rings is 1. The van der Waals surface area contributed by atoms with Gasteiger partial charge in [0.1, 0.15) is 0 Å². The van der Waals surface area contributed by atoms with E-state index < -0.39 is 5.91 Å². The van der Waals surface area contributed by atoms with Crippen molar-refractivity contribution in [3.05, 3.63) is 23.8 Å². The number of methoxy groups -OCH3 is 1. The van der Waals surface area contributed by atoms with Crippen LogP contribution in [0, 0.1) is 0 Å². The van der Waals surface area contributed by atoms with Crippen molar-refractivity contribution < 1.29 is 14.3 Å². The average Bonchev–Trinajstić information content (AvgIpc) is 2.25. The summed E-state index contributed by atoms with van der Waals surface area (Å²) in [6.45, 7) is 2.64. The molecule has 4 heteroatoms. The van der Waals surface area contributed by atoms with Crippen molar-refractivity contribution in [2.75, 3.05) is 13.7 Å². The SMILES string of the molecule is CCCOc1ccc(C(N)=O)cc1OC. The summed E-state index contributed by atoms with van der Waals surface area (Å²) in [5.41, 5.74) is 5.56. The maximum absolute atomic E-state index is 10.9. The fraction of sp³-hybridized carbons (Fsp3) is 0.364. The van der Waals surface area contributed by atoms with Gasteiger partial charge in [0.15, 0.2) is 11.5 Å². The first-order valence-electron chi connectivity index (χ1n) is 4.79. The molecular weight excluding hydrogens is 194 g/mol.